The Balaban J connectivity index is 2.41. The van der Waals surface area contributed by atoms with Gasteiger partial charge in [0.05, 0.1) is 13.2 Å². The number of benzene rings is 1. The van der Waals surface area contributed by atoms with E-state index in [1.807, 2.05) is 0 Å². The Hall–Kier alpha value is -0.900. The van der Waals surface area contributed by atoms with Crippen LogP contribution >= 0.6 is 0 Å². The van der Waals surface area contributed by atoms with Gasteiger partial charge in [-0.25, -0.2) is 0 Å². The van der Waals surface area contributed by atoms with Gasteiger partial charge >= 0.3 is 0 Å². The Morgan fingerprint density at radius 3 is 2.38 bits per heavy atom. The lowest BCUT2D eigenvalue weighted by Crippen LogP contribution is -2.30. The van der Waals surface area contributed by atoms with E-state index in [2.05, 4.69) is 50.4 Å². The normalized spacial score (nSPS) is 12.8. The van der Waals surface area contributed by atoms with E-state index in [0.717, 1.165) is 26.0 Å². The number of rotatable bonds is 11. The summed E-state index contributed by atoms with van der Waals surface area (Å²) < 4.78 is 10.6. The maximum atomic E-state index is 5.62. The van der Waals surface area contributed by atoms with Crippen molar-refractivity contribution >= 4 is 0 Å². The van der Waals surface area contributed by atoms with Crippen molar-refractivity contribution < 1.29 is 9.47 Å². The third-order valence-corrected chi connectivity index (χ3v) is 3.56. The Kier molecular flexibility index (Phi) is 9.31. The molecular weight excluding hydrogens is 262 g/mol. The molecule has 3 heteroatoms. The molecule has 1 aromatic rings. The van der Waals surface area contributed by atoms with Gasteiger partial charge in [-0.2, -0.15) is 0 Å². The molecule has 0 aliphatic rings. The topological polar surface area (TPSA) is 30.5 Å². The average Bonchev–Trinajstić information content (AvgIpc) is 2.46. The summed E-state index contributed by atoms with van der Waals surface area (Å²) >= 11 is 0. The van der Waals surface area contributed by atoms with Crippen LogP contribution in [0.5, 0.6) is 0 Å². The largest absolute Gasteiger partial charge is 0.382 e. The van der Waals surface area contributed by atoms with Gasteiger partial charge in [0, 0.05) is 19.8 Å². The fourth-order valence-corrected chi connectivity index (χ4v) is 2.23. The monoisotopic (exact) mass is 293 g/mol. The highest BCUT2D eigenvalue weighted by atomic mass is 16.5. The van der Waals surface area contributed by atoms with Crippen molar-refractivity contribution in [3.05, 3.63) is 35.4 Å². The van der Waals surface area contributed by atoms with Crippen LogP contribution in [0.25, 0.3) is 0 Å². The summed E-state index contributed by atoms with van der Waals surface area (Å²) in [5, 5.41) is 3.55. The third kappa shape index (κ3) is 8.86. The maximum Gasteiger partial charge on any atom is 0.0700 e. The van der Waals surface area contributed by atoms with E-state index in [1.165, 1.54) is 11.1 Å². The van der Waals surface area contributed by atoms with Gasteiger partial charge in [0.15, 0.2) is 0 Å². The Bertz CT molecular complexity index is 362. The number of hydrogen-bond acceptors (Lipinski definition) is 3. The van der Waals surface area contributed by atoms with Gasteiger partial charge < -0.3 is 14.8 Å². The zero-order valence-corrected chi connectivity index (χ0v) is 14.0. The second-order valence-electron chi connectivity index (χ2n) is 6.01. The quantitative estimate of drug-likeness (QED) is 0.636. The third-order valence-electron chi connectivity index (χ3n) is 3.56. The van der Waals surface area contributed by atoms with E-state index >= 15 is 0 Å². The maximum absolute atomic E-state index is 5.62. The van der Waals surface area contributed by atoms with Crippen molar-refractivity contribution in [2.75, 3.05) is 33.5 Å². The van der Waals surface area contributed by atoms with E-state index in [0.29, 0.717) is 25.2 Å². The summed E-state index contributed by atoms with van der Waals surface area (Å²) in [5.41, 5.74) is 2.73. The molecule has 1 aromatic carbocycles. The van der Waals surface area contributed by atoms with E-state index in [1.54, 1.807) is 7.11 Å². The zero-order chi connectivity index (χ0) is 15.5. The predicted octanol–water partition coefficient (Wildman–Crippen LogP) is 3.20. The van der Waals surface area contributed by atoms with Gasteiger partial charge in [-0.3, -0.25) is 0 Å². The number of nitrogens with one attached hydrogen (secondary N) is 1. The molecule has 0 radical (unpaired) electrons. The molecule has 0 aromatic heterocycles. The molecular formula is C18H31NO2. The highest BCUT2D eigenvalue weighted by molar-refractivity contribution is 5.21. The molecule has 3 nitrogen and oxygen atoms in total. The van der Waals surface area contributed by atoms with Gasteiger partial charge in [0.2, 0.25) is 0 Å². The fourth-order valence-electron chi connectivity index (χ4n) is 2.23. The van der Waals surface area contributed by atoms with Crippen molar-refractivity contribution in [3.63, 3.8) is 0 Å². The molecule has 1 atom stereocenters. The van der Waals surface area contributed by atoms with Crippen molar-refractivity contribution in [1.29, 1.82) is 0 Å². The van der Waals surface area contributed by atoms with Crippen LogP contribution < -0.4 is 5.32 Å². The van der Waals surface area contributed by atoms with Crippen LogP contribution in [0.2, 0.25) is 0 Å². The van der Waals surface area contributed by atoms with Crippen molar-refractivity contribution in [1.82, 2.24) is 5.32 Å². The molecule has 1 N–H and O–H groups in total. The van der Waals surface area contributed by atoms with Gasteiger partial charge in [0.25, 0.3) is 0 Å². The van der Waals surface area contributed by atoms with Crippen LogP contribution in [0.15, 0.2) is 24.3 Å². The summed E-state index contributed by atoms with van der Waals surface area (Å²) in [6.45, 7) is 9.72. The summed E-state index contributed by atoms with van der Waals surface area (Å²) in [5.74, 6) is 0.609. The molecule has 0 aliphatic heterocycles. The van der Waals surface area contributed by atoms with E-state index in [9.17, 15) is 0 Å². The van der Waals surface area contributed by atoms with Gasteiger partial charge in [-0.05, 0) is 37.8 Å². The summed E-state index contributed by atoms with van der Waals surface area (Å²) in [4.78, 5) is 0. The molecule has 0 spiro atoms. The first kappa shape index (κ1) is 18.1. The second kappa shape index (κ2) is 10.8. The fraction of sp³-hybridized carbons (Fsp3) is 0.667. The van der Waals surface area contributed by atoms with Gasteiger partial charge in [-0.1, -0.05) is 43.7 Å². The Morgan fingerprint density at radius 1 is 1.05 bits per heavy atom. The molecule has 0 heterocycles. The Labute approximate surface area is 130 Å². The van der Waals surface area contributed by atoms with Crippen molar-refractivity contribution in [2.24, 2.45) is 5.92 Å². The molecule has 1 unspecified atom stereocenters. The van der Waals surface area contributed by atoms with Gasteiger partial charge in [0.1, 0.15) is 0 Å². The lowest BCUT2D eigenvalue weighted by Gasteiger charge is -2.19. The van der Waals surface area contributed by atoms with Crippen LogP contribution in [-0.4, -0.2) is 39.5 Å². The minimum absolute atomic E-state index is 0.528. The lowest BCUT2D eigenvalue weighted by atomic mass is 9.95. The van der Waals surface area contributed by atoms with Crippen LogP contribution in [-0.2, 0) is 15.9 Å². The number of hydrogen-bond donors (Lipinski definition) is 1. The first-order valence-electron chi connectivity index (χ1n) is 7.97. The molecule has 1 rings (SSSR count). The summed E-state index contributed by atoms with van der Waals surface area (Å²) in [6.07, 6.45) is 2.19. The van der Waals surface area contributed by atoms with Crippen molar-refractivity contribution in [3.8, 4) is 0 Å². The van der Waals surface area contributed by atoms with Crippen LogP contribution in [0.1, 0.15) is 31.4 Å². The average molecular weight is 293 g/mol. The van der Waals surface area contributed by atoms with Crippen LogP contribution in [0.4, 0.5) is 0 Å². The van der Waals surface area contributed by atoms with E-state index in [-0.39, 0.29) is 0 Å². The molecule has 21 heavy (non-hydrogen) atoms. The predicted molar refractivity (Wildman–Crippen MR) is 88.8 cm³/mol. The number of ether oxygens (including phenoxy) is 2. The SMILES string of the molecule is COCCOCCC(CNC(C)C)Cc1ccc(C)cc1. The smallest absolute Gasteiger partial charge is 0.0700 e. The Morgan fingerprint density at radius 2 is 1.76 bits per heavy atom. The van der Waals surface area contributed by atoms with Crippen LogP contribution in [0.3, 0.4) is 0 Å². The molecule has 0 saturated carbocycles. The molecule has 0 saturated heterocycles. The van der Waals surface area contributed by atoms with Crippen molar-refractivity contribution in [2.45, 2.75) is 39.7 Å². The summed E-state index contributed by atoms with van der Waals surface area (Å²) in [6, 6.07) is 9.39. The lowest BCUT2D eigenvalue weighted by molar-refractivity contribution is 0.0635. The highest BCUT2D eigenvalue weighted by Crippen LogP contribution is 2.13. The summed E-state index contributed by atoms with van der Waals surface area (Å²) in [7, 11) is 1.70. The minimum atomic E-state index is 0.528. The van der Waals surface area contributed by atoms with Crippen LogP contribution in [0, 0.1) is 12.8 Å². The first-order chi connectivity index (χ1) is 10.1. The molecule has 0 amide bonds. The van der Waals surface area contributed by atoms with Gasteiger partial charge in [-0.15, -0.1) is 0 Å². The number of aryl methyl sites for hydroxylation is 1. The molecule has 120 valence electrons. The molecule has 0 aliphatic carbocycles. The first-order valence-corrected chi connectivity index (χ1v) is 7.97. The van der Waals surface area contributed by atoms with E-state index < -0.39 is 0 Å². The highest BCUT2D eigenvalue weighted by Gasteiger charge is 2.10. The molecule has 0 fully saturated rings. The zero-order valence-electron chi connectivity index (χ0n) is 14.0. The molecule has 0 bridgehead atoms. The standard InChI is InChI=1S/C18H31NO2/c1-15(2)19-14-18(9-10-21-12-11-20-4)13-17-7-5-16(3)6-8-17/h5-8,15,18-19H,9-14H2,1-4H3. The minimum Gasteiger partial charge on any atom is -0.382 e. The number of methoxy groups -OCH3 is 1. The second-order valence-corrected chi connectivity index (χ2v) is 6.01. The van der Waals surface area contributed by atoms with E-state index in [4.69, 9.17) is 9.47 Å².